The molecule has 6 fully saturated rings. The topological polar surface area (TPSA) is 40.5 Å². The average molecular weight is 681 g/mol. The molecule has 6 unspecified atom stereocenters. The average Bonchev–Trinajstić information content (AvgIpc) is 3.64. The molecular formula is C48H72O2. The van der Waals surface area contributed by atoms with Gasteiger partial charge in [-0.15, -0.1) is 18.3 Å². The minimum Gasteiger partial charge on any atom is -0.393 e. The van der Waals surface area contributed by atoms with E-state index in [1.54, 1.807) is 11.1 Å². The predicted octanol–water partition coefficient (Wildman–Crippen LogP) is 11.2. The van der Waals surface area contributed by atoms with E-state index in [1.807, 2.05) is 0 Å². The maximum Gasteiger partial charge on any atom is 0.0577 e. The van der Waals surface area contributed by atoms with E-state index in [4.69, 9.17) is 6.42 Å². The largest absolute Gasteiger partial charge is 0.393 e. The van der Waals surface area contributed by atoms with Gasteiger partial charge in [0.1, 0.15) is 0 Å². The second-order valence-electron chi connectivity index (χ2n) is 20.2. The molecule has 276 valence electrons. The van der Waals surface area contributed by atoms with Crippen molar-refractivity contribution in [1.29, 1.82) is 0 Å². The maximum absolute atomic E-state index is 10.2. The van der Waals surface area contributed by atoms with Crippen LogP contribution < -0.4 is 0 Å². The van der Waals surface area contributed by atoms with Crippen LogP contribution in [-0.2, 0) is 0 Å². The zero-order valence-electron chi connectivity index (χ0n) is 33.1. The number of aliphatic hydroxyl groups excluding tert-OH is 2. The molecule has 2 N–H and O–H groups in total. The predicted molar refractivity (Wildman–Crippen MR) is 208 cm³/mol. The van der Waals surface area contributed by atoms with Crippen LogP contribution in [0.3, 0.4) is 0 Å². The van der Waals surface area contributed by atoms with Crippen LogP contribution in [0.5, 0.6) is 0 Å². The van der Waals surface area contributed by atoms with E-state index in [0.717, 1.165) is 79.4 Å². The fourth-order valence-electron chi connectivity index (χ4n) is 15.5. The van der Waals surface area contributed by atoms with Crippen LogP contribution in [0.2, 0.25) is 0 Å². The fourth-order valence-corrected chi connectivity index (χ4v) is 15.5. The lowest BCUT2D eigenvalue weighted by molar-refractivity contribution is -0.0536. The first-order valence-corrected chi connectivity index (χ1v) is 21.5. The van der Waals surface area contributed by atoms with E-state index in [2.05, 4.69) is 78.4 Å². The molecule has 6 saturated carbocycles. The van der Waals surface area contributed by atoms with Crippen molar-refractivity contribution in [2.75, 3.05) is 0 Å². The number of hydrogen-bond donors (Lipinski definition) is 2. The number of aliphatic hydroxyl groups is 2. The normalized spacial score (nSPS) is 49.9. The highest BCUT2D eigenvalue weighted by Crippen LogP contribution is 2.68. The van der Waals surface area contributed by atoms with Gasteiger partial charge in [-0.3, -0.25) is 0 Å². The standard InChI is InChI=1S/C25H38O.C23H34O/c1-5-6-7-17(2)21-10-11-22-20-9-8-18-16-19(26)12-14-24(18,3)23(20)13-15-25(21,22)4;1-5-15(2)19-8-9-20-18-7-6-16-14-17(24)10-12-22(16,3)21(18)11-13-23(19,20)4/h8,17,19-23,26H,5,9-16H2,1-4H3;1,6,15,17-21,24H,7-14H2,2-4H3/t17-,19+,20?,21-,22?,23?,24+,25-;15-,17+,18?,19-,20?,21?,22+,23-/m11/s1. The Hall–Kier alpha value is -1.48. The third kappa shape index (κ3) is 5.84. The molecule has 2 heteroatoms. The minimum atomic E-state index is -0.0953. The van der Waals surface area contributed by atoms with E-state index >= 15 is 0 Å². The summed E-state index contributed by atoms with van der Waals surface area (Å²) in [6.45, 7) is 17.0. The summed E-state index contributed by atoms with van der Waals surface area (Å²) in [7, 11) is 0. The molecule has 0 bridgehead atoms. The number of fused-ring (bicyclic) bond motifs is 10. The highest BCUT2D eigenvalue weighted by molar-refractivity contribution is 5.27. The summed E-state index contributed by atoms with van der Waals surface area (Å²) in [6, 6.07) is 0. The molecular weight excluding hydrogens is 609 g/mol. The lowest BCUT2D eigenvalue weighted by Crippen LogP contribution is -2.50. The summed E-state index contributed by atoms with van der Waals surface area (Å²) >= 11 is 0. The number of allylic oxidation sites excluding steroid dienone is 2. The molecule has 8 rings (SSSR count). The first kappa shape index (κ1) is 36.9. The van der Waals surface area contributed by atoms with E-state index in [-0.39, 0.29) is 12.2 Å². The van der Waals surface area contributed by atoms with Crippen molar-refractivity contribution in [1.82, 2.24) is 0 Å². The molecule has 16 atom stereocenters. The molecule has 2 nitrogen and oxygen atoms in total. The van der Waals surface area contributed by atoms with Gasteiger partial charge in [-0.25, -0.2) is 0 Å². The smallest absolute Gasteiger partial charge is 0.0577 e. The molecule has 0 spiro atoms. The highest BCUT2D eigenvalue weighted by Gasteiger charge is 2.60. The molecule has 0 aliphatic heterocycles. The minimum absolute atomic E-state index is 0.0893. The Balaban J connectivity index is 0.000000157. The van der Waals surface area contributed by atoms with Gasteiger partial charge in [0.25, 0.3) is 0 Å². The molecule has 50 heavy (non-hydrogen) atoms. The van der Waals surface area contributed by atoms with Gasteiger partial charge in [-0.1, -0.05) is 77.7 Å². The zero-order valence-corrected chi connectivity index (χ0v) is 33.1. The van der Waals surface area contributed by atoms with Crippen LogP contribution >= 0.6 is 0 Å². The van der Waals surface area contributed by atoms with Gasteiger partial charge >= 0.3 is 0 Å². The van der Waals surface area contributed by atoms with Gasteiger partial charge in [0.15, 0.2) is 0 Å². The van der Waals surface area contributed by atoms with Gasteiger partial charge < -0.3 is 10.2 Å². The quantitative estimate of drug-likeness (QED) is 0.225. The molecule has 0 saturated heterocycles. The van der Waals surface area contributed by atoms with E-state index in [9.17, 15) is 10.2 Å². The lowest BCUT2D eigenvalue weighted by atomic mass is 9.47. The number of terminal acetylenes is 1. The first-order valence-electron chi connectivity index (χ1n) is 21.5. The van der Waals surface area contributed by atoms with Crippen LogP contribution in [0.4, 0.5) is 0 Å². The van der Waals surface area contributed by atoms with E-state index in [0.29, 0.717) is 33.5 Å². The Morgan fingerprint density at radius 2 is 1.12 bits per heavy atom. The first-order chi connectivity index (χ1) is 23.8. The zero-order chi connectivity index (χ0) is 35.6. The molecule has 0 aromatic carbocycles. The maximum atomic E-state index is 10.2. The second kappa shape index (κ2) is 13.7. The Morgan fingerprint density at radius 3 is 1.56 bits per heavy atom. The highest BCUT2D eigenvalue weighted by atomic mass is 16.3. The van der Waals surface area contributed by atoms with Gasteiger partial charge in [0.05, 0.1) is 12.2 Å². The van der Waals surface area contributed by atoms with E-state index < -0.39 is 0 Å². The molecule has 0 amide bonds. The molecule has 0 aromatic rings. The molecule has 8 aliphatic rings. The van der Waals surface area contributed by atoms with E-state index in [1.165, 1.54) is 77.0 Å². The SMILES string of the molecule is C#C[C@@H](C)[C@H]1CCC2C3CC=C4C[C@@H](O)CC[C@]4(C)C3CC[C@@]21C.CCC#C[C@@H](C)[C@H]1CCC2C3CC=C4C[C@@H](O)CC[C@]4(C)C3CC[C@@]21C. The van der Waals surface area contributed by atoms with Crippen LogP contribution in [0, 0.1) is 105 Å². The van der Waals surface area contributed by atoms with Crippen molar-refractivity contribution >= 4 is 0 Å². The Kier molecular flexibility index (Phi) is 10.1. The van der Waals surface area contributed by atoms with Gasteiger partial charge in [0.2, 0.25) is 0 Å². The summed E-state index contributed by atoms with van der Waals surface area (Å²) in [5.74, 6) is 17.6. The summed E-state index contributed by atoms with van der Waals surface area (Å²) in [6.07, 6.45) is 31.5. The molecule has 0 aromatic heterocycles. The summed E-state index contributed by atoms with van der Waals surface area (Å²) in [5.41, 5.74) is 4.87. The summed E-state index contributed by atoms with van der Waals surface area (Å²) in [5, 5.41) is 20.3. The second-order valence-corrected chi connectivity index (χ2v) is 20.2. The third-order valence-electron chi connectivity index (χ3n) is 18.3. The monoisotopic (exact) mass is 681 g/mol. The van der Waals surface area contributed by atoms with Crippen molar-refractivity contribution in [2.24, 2.45) is 80.8 Å². The number of hydrogen-bond acceptors (Lipinski definition) is 2. The van der Waals surface area contributed by atoms with Crippen LogP contribution in [-0.4, -0.2) is 22.4 Å². The van der Waals surface area contributed by atoms with Gasteiger partial charge in [0, 0.05) is 18.3 Å². The Labute approximate surface area is 307 Å². The van der Waals surface area contributed by atoms with Crippen LogP contribution in [0.1, 0.15) is 158 Å². The van der Waals surface area contributed by atoms with Crippen molar-refractivity contribution < 1.29 is 10.2 Å². The van der Waals surface area contributed by atoms with Gasteiger partial charge in [-0.05, 0) is 172 Å². The van der Waals surface area contributed by atoms with Gasteiger partial charge in [-0.2, -0.15) is 0 Å². The van der Waals surface area contributed by atoms with Crippen molar-refractivity contribution in [3.05, 3.63) is 23.3 Å². The van der Waals surface area contributed by atoms with Crippen molar-refractivity contribution in [3.63, 3.8) is 0 Å². The molecule has 0 radical (unpaired) electrons. The van der Waals surface area contributed by atoms with Crippen LogP contribution in [0.25, 0.3) is 0 Å². The Morgan fingerprint density at radius 1 is 0.660 bits per heavy atom. The van der Waals surface area contributed by atoms with Crippen molar-refractivity contribution in [3.8, 4) is 24.2 Å². The third-order valence-corrected chi connectivity index (χ3v) is 18.3. The van der Waals surface area contributed by atoms with Crippen LogP contribution in [0.15, 0.2) is 23.3 Å². The Bertz CT molecular complexity index is 1440. The van der Waals surface area contributed by atoms with Crippen molar-refractivity contribution in [2.45, 2.75) is 170 Å². The summed E-state index contributed by atoms with van der Waals surface area (Å²) in [4.78, 5) is 0. The number of rotatable bonds is 2. The molecule has 0 heterocycles. The summed E-state index contributed by atoms with van der Waals surface area (Å²) < 4.78 is 0. The molecule has 8 aliphatic carbocycles. The lowest BCUT2D eigenvalue weighted by Gasteiger charge is -2.58. The fraction of sp³-hybridized carbons (Fsp3) is 0.833.